The van der Waals surface area contributed by atoms with Crippen LogP contribution < -0.4 is 5.32 Å². The predicted molar refractivity (Wildman–Crippen MR) is 115 cm³/mol. The lowest BCUT2D eigenvalue weighted by Gasteiger charge is -2.02. The van der Waals surface area contributed by atoms with Gasteiger partial charge < -0.3 is 5.32 Å². The van der Waals surface area contributed by atoms with E-state index in [-0.39, 0.29) is 0 Å². The van der Waals surface area contributed by atoms with Crippen LogP contribution in [0.1, 0.15) is 53.9 Å². The Hall–Kier alpha value is -2.28. The summed E-state index contributed by atoms with van der Waals surface area (Å²) < 4.78 is 0. The lowest BCUT2D eigenvalue weighted by molar-refractivity contribution is 1.06. The smallest absolute Gasteiger partial charge is 0.0115 e. The molecule has 136 valence electrons. The first kappa shape index (κ1) is 22.7. The summed E-state index contributed by atoms with van der Waals surface area (Å²) in [5.41, 5.74) is 4.99. The van der Waals surface area contributed by atoms with Gasteiger partial charge in [0.25, 0.3) is 0 Å². The van der Waals surface area contributed by atoms with Gasteiger partial charge in [-0.3, -0.25) is 0 Å². The van der Waals surface area contributed by atoms with Crippen LogP contribution in [0, 0.1) is 0 Å². The molecular formula is C24H35N. The van der Waals surface area contributed by atoms with Crippen LogP contribution in [0.15, 0.2) is 96.0 Å². The number of rotatable bonds is 11. The van der Waals surface area contributed by atoms with Crippen LogP contribution in [0.2, 0.25) is 0 Å². The molecule has 0 spiro atoms. The van der Waals surface area contributed by atoms with Gasteiger partial charge in [0.05, 0.1) is 0 Å². The quantitative estimate of drug-likeness (QED) is 0.389. The van der Waals surface area contributed by atoms with E-state index in [1.807, 2.05) is 18.4 Å². The minimum atomic E-state index is 0.891. The second-order valence-corrected chi connectivity index (χ2v) is 5.78. The summed E-state index contributed by atoms with van der Waals surface area (Å²) in [6.45, 7) is 14.5. The van der Waals surface area contributed by atoms with Gasteiger partial charge in [0.2, 0.25) is 0 Å². The van der Waals surface area contributed by atoms with Crippen molar-refractivity contribution >= 4 is 0 Å². The largest absolute Gasteiger partial charge is 0.365 e. The molecule has 0 aliphatic rings. The minimum absolute atomic E-state index is 0.891. The summed E-state index contributed by atoms with van der Waals surface area (Å²) in [6.07, 6.45) is 25.9. The van der Waals surface area contributed by atoms with Crippen molar-refractivity contribution in [1.29, 1.82) is 0 Å². The second kappa shape index (κ2) is 15.3. The average molecular weight is 338 g/mol. The molecule has 0 amide bonds. The standard InChI is InChI=1S/C24H35N/c1-7-11-12-13-14-17-23(8-2)19-18-22(6)25-20-15-16-21(5)24(9-3)10-4/h8-9,11-16,18-20,25H,2,7,10,17H2,1,3-6H3/b12-11-,14-13-,20-15+,21-16+,22-18+,23-19+,24-9+. The Morgan fingerprint density at radius 1 is 0.960 bits per heavy atom. The fourth-order valence-corrected chi connectivity index (χ4v) is 2.19. The molecule has 0 aromatic carbocycles. The van der Waals surface area contributed by atoms with Crippen molar-refractivity contribution in [3.05, 3.63) is 96.0 Å². The fraction of sp³-hybridized carbons (Fsp3) is 0.333. The Bertz CT molecular complexity index is 590. The van der Waals surface area contributed by atoms with Gasteiger partial charge in [0.1, 0.15) is 0 Å². The first-order valence-corrected chi connectivity index (χ1v) is 9.16. The van der Waals surface area contributed by atoms with Crippen LogP contribution >= 0.6 is 0 Å². The van der Waals surface area contributed by atoms with E-state index in [2.05, 4.69) is 95.1 Å². The maximum Gasteiger partial charge on any atom is 0.0115 e. The lowest BCUT2D eigenvalue weighted by atomic mass is 10.1. The van der Waals surface area contributed by atoms with Crippen molar-refractivity contribution in [2.75, 3.05) is 0 Å². The molecule has 0 atom stereocenters. The van der Waals surface area contributed by atoms with E-state index in [9.17, 15) is 0 Å². The van der Waals surface area contributed by atoms with Gasteiger partial charge in [-0.25, -0.2) is 0 Å². The van der Waals surface area contributed by atoms with Crippen LogP contribution in [0.3, 0.4) is 0 Å². The molecular weight excluding hydrogens is 302 g/mol. The molecule has 1 N–H and O–H groups in total. The van der Waals surface area contributed by atoms with Crippen molar-refractivity contribution in [2.24, 2.45) is 0 Å². The SMILES string of the molecule is C=C/C(=C\C=C(/C)N/C=C/C=C(C)/C(=C/C)CC)C/C=C\C=C/CC. The second-order valence-electron chi connectivity index (χ2n) is 5.78. The Balaban J connectivity index is 4.62. The topological polar surface area (TPSA) is 12.0 Å². The summed E-state index contributed by atoms with van der Waals surface area (Å²) >= 11 is 0. The predicted octanol–water partition coefficient (Wildman–Crippen LogP) is 7.32. The molecule has 1 heteroatoms. The first-order valence-electron chi connectivity index (χ1n) is 9.16. The van der Waals surface area contributed by atoms with Crippen LogP contribution in [-0.4, -0.2) is 0 Å². The molecule has 25 heavy (non-hydrogen) atoms. The zero-order valence-electron chi connectivity index (χ0n) is 16.7. The summed E-state index contributed by atoms with van der Waals surface area (Å²) in [5, 5.41) is 3.28. The van der Waals surface area contributed by atoms with E-state index < -0.39 is 0 Å². The maximum absolute atomic E-state index is 3.88. The monoisotopic (exact) mass is 337 g/mol. The third kappa shape index (κ3) is 11.8. The fourth-order valence-electron chi connectivity index (χ4n) is 2.19. The minimum Gasteiger partial charge on any atom is -0.365 e. The maximum atomic E-state index is 3.88. The summed E-state index contributed by atoms with van der Waals surface area (Å²) in [7, 11) is 0. The Labute approximate surface area is 155 Å². The third-order valence-electron chi connectivity index (χ3n) is 3.77. The van der Waals surface area contributed by atoms with E-state index in [0.29, 0.717) is 0 Å². The molecule has 0 heterocycles. The van der Waals surface area contributed by atoms with Crippen molar-refractivity contribution in [1.82, 2.24) is 5.32 Å². The van der Waals surface area contributed by atoms with Gasteiger partial charge in [0.15, 0.2) is 0 Å². The molecule has 0 bridgehead atoms. The number of nitrogens with one attached hydrogen (secondary N) is 1. The molecule has 0 unspecified atom stereocenters. The first-order chi connectivity index (χ1) is 12.1. The van der Waals surface area contributed by atoms with Crippen molar-refractivity contribution < 1.29 is 0 Å². The molecule has 0 aromatic heterocycles. The molecule has 0 saturated carbocycles. The van der Waals surface area contributed by atoms with Crippen LogP contribution in [0.4, 0.5) is 0 Å². The van der Waals surface area contributed by atoms with Crippen LogP contribution in [-0.2, 0) is 0 Å². The number of allylic oxidation sites excluding steroid dienone is 14. The molecule has 0 aromatic rings. The van der Waals surface area contributed by atoms with Gasteiger partial charge in [-0.05, 0) is 68.9 Å². The van der Waals surface area contributed by atoms with Crippen molar-refractivity contribution in [3.63, 3.8) is 0 Å². The van der Waals surface area contributed by atoms with E-state index >= 15 is 0 Å². The zero-order chi connectivity index (χ0) is 18.9. The summed E-state index contributed by atoms with van der Waals surface area (Å²) in [4.78, 5) is 0. The highest BCUT2D eigenvalue weighted by atomic mass is 14.8. The van der Waals surface area contributed by atoms with E-state index in [1.165, 1.54) is 16.7 Å². The van der Waals surface area contributed by atoms with E-state index in [4.69, 9.17) is 0 Å². The average Bonchev–Trinajstić information content (AvgIpc) is 2.62. The number of hydrogen-bond donors (Lipinski definition) is 1. The summed E-state index contributed by atoms with van der Waals surface area (Å²) in [5.74, 6) is 0. The van der Waals surface area contributed by atoms with Crippen molar-refractivity contribution in [2.45, 2.75) is 53.9 Å². The van der Waals surface area contributed by atoms with Crippen molar-refractivity contribution in [3.8, 4) is 0 Å². The molecule has 0 radical (unpaired) electrons. The number of hydrogen-bond acceptors (Lipinski definition) is 1. The van der Waals surface area contributed by atoms with Gasteiger partial charge in [-0.2, -0.15) is 0 Å². The molecule has 0 aliphatic carbocycles. The zero-order valence-corrected chi connectivity index (χ0v) is 16.7. The molecule has 0 fully saturated rings. The van der Waals surface area contributed by atoms with Gasteiger partial charge >= 0.3 is 0 Å². The highest BCUT2D eigenvalue weighted by molar-refractivity contribution is 5.31. The summed E-state index contributed by atoms with van der Waals surface area (Å²) in [6, 6.07) is 0. The Morgan fingerprint density at radius 2 is 1.68 bits per heavy atom. The Kier molecular flexibility index (Phi) is 13.9. The molecule has 0 rings (SSSR count). The molecule has 0 saturated heterocycles. The third-order valence-corrected chi connectivity index (χ3v) is 3.77. The lowest BCUT2D eigenvalue weighted by Crippen LogP contribution is -1.99. The van der Waals surface area contributed by atoms with E-state index in [1.54, 1.807) is 0 Å². The highest BCUT2D eigenvalue weighted by Crippen LogP contribution is 2.12. The Morgan fingerprint density at radius 3 is 2.28 bits per heavy atom. The van der Waals surface area contributed by atoms with E-state index in [0.717, 1.165) is 25.0 Å². The van der Waals surface area contributed by atoms with Gasteiger partial charge in [-0.1, -0.05) is 69.0 Å². The van der Waals surface area contributed by atoms with Gasteiger partial charge in [0, 0.05) is 11.9 Å². The normalized spacial score (nSPS) is 14.9. The highest BCUT2D eigenvalue weighted by Gasteiger charge is 1.93. The molecule has 0 aliphatic heterocycles. The molecule has 1 nitrogen and oxygen atoms in total. The van der Waals surface area contributed by atoms with Crippen LogP contribution in [0.5, 0.6) is 0 Å². The van der Waals surface area contributed by atoms with Gasteiger partial charge in [-0.15, -0.1) is 0 Å². The van der Waals surface area contributed by atoms with Crippen LogP contribution in [0.25, 0.3) is 0 Å².